The molecule has 1 fully saturated rings. The van der Waals surface area contributed by atoms with Gasteiger partial charge in [0.1, 0.15) is 12.4 Å². The molecule has 0 radical (unpaired) electrons. The van der Waals surface area contributed by atoms with Gasteiger partial charge in [0.15, 0.2) is 0 Å². The second kappa shape index (κ2) is 6.73. The number of hydrogen-bond acceptors (Lipinski definition) is 3. The number of benzene rings is 1. The third-order valence-corrected chi connectivity index (χ3v) is 4.04. The minimum Gasteiger partial charge on any atom is -0.341 e. The van der Waals surface area contributed by atoms with Crippen LogP contribution in [0, 0.1) is 5.82 Å². The van der Waals surface area contributed by atoms with Crippen LogP contribution in [0.15, 0.2) is 41.5 Å². The lowest BCUT2D eigenvalue weighted by molar-refractivity contribution is -0.132. The van der Waals surface area contributed by atoms with E-state index < -0.39 is 5.82 Å². The number of rotatable bonds is 3. The molecule has 0 N–H and O–H groups in total. The van der Waals surface area contributed by atoms with Gasteiger partial charge < -0.3 is 4.90 Å². The predicted octanol–water partition coefficient (Wildman–Crippen LogP) is 2.06. The molecule has 3 rings (SSSR count). The van der Waals surface area contributed by atoms with Gasteiger partial charge in [0.25, 0.3) is 5.56 Å². The van der Waals surface area contributed by atoms with Crippen molar-refractivity contribution in [3.8, 4) is 11.3 Å². The number of hydrogen-bond donors (Lipinski definition) is 0. The highest BCUT2D eigenvalue weighted by atomic mass is 19.1. The summed E-state index contributed by atoms with van der Waals surface area (Å²) in [5.41, 5.74) is 0.192. The van der Waals surface area contributed by atoms with Crippen LogP contribution < -0.4 is 5.56 Å². The fraction of sp³-hybridized carbons (Fsp3) is 0.353. The molecule has 0 bridgehead atoms. The maximum atomic E-state index is 13.8. The van der Waals surface area contributed by atoms with Crippen molar-refractivity contribution < 1.29 is 9.18 Å². The Morgan fingerprint density at radius 3 is 2.61 bits per heavy atom. The molecule has 23 heavy (non-hydrogen) atoms. The Morgan fingerprint density at radius 2 is 1.91 bits per heavy atom. The Kier molecular flexibility index (Phi) is 4.50. The zero-order valence-corrected chi connectivity index (χ0v) is 12.7. The van der Waals surface area contributed by atoms with Crippen molar-refractivity contribution in [2.45, 2.75) is 25.8 Å². The van der Waals surface area contributed by atoms with E-state index in [1.54, 1.807) is 23.1 Å². The quantitative estimate of drug-likeness (QED) is 0.871. The zero-order valence-electron chi connectivity index (χ0n) is 12.7. The van der Waals surface area contributed by atoms with Gasteiger partial charge in [0.05, 0.1) is 12.0 Å². The van der Waals surface area contributed by atoms with Gasteiger partial charge >= 0.3 is 0 Å². The molecule has 1 saturated heterocycles. The van der Waals surface area contributed by atoms with Crippen LogP contribution in [-0.2, 0) is 11.3 Å². The molecule has 1 aromatic heterocycles. The Balaban J connectivity index is 1.78. The first-order chi connectivity index (χ1) is 11.1. The predicted molar refractivity (Wildman–Crippen MR) is 84.3 cm³/mol. The van der Waals surface area contributed by atoms with Crippen molar-refractivity contribution in [2.24, 2.45) is 0 Å². The molecule has 6 heteroatoms. The van der Waals surface area contributed by atoms with Crippen molar-refractivity contribution in [1.82, 2.24) is 14.5 Å². The molecular weight excluding hydrogens is 297 g/mol. The van der Waals surface area contributed by atoms with E-state index in [9.17, 15) is 14.0 Å². The van der Waals surface area contributed by atoms with E-state index in [2.05, 4.69) is 4.98 Å². The number of carbonyl (C=O) groups is 1. The highest BCUT2D eigenvalue weighted by Crippen LogP contribution is 2.18. The molecule has 0 aliphatic carbocycles. The molecule has 1 aromatic carbocycles. The number of halogens is 1. The molecule has 0 unspecified atom stereocenters. The standard InChI is InChI=1S/C17H18FN3O2/c18-14-7-3-2-6-13(14)15-10-16(22)21(12-19-15)11-17(23)20-8-4-1-5-9-20/h2-3,6-7,10,12H,1,4-5,8-9,11H2. The van der Waals surface area contributed by atoms with E-state index in [-0.39, 0.29) is 29.3 Å². The molecular formula is C17H18FN3O2. The second-order valence-electron chi connectivity index (χ2n) is 5.66. The summed E-state index contributed by atoms with van der Waals surface area (Å²) < 4.78 is 15.0. The topological polar surface area (TPSA) is 55.2 Å². The monoisotopic (exact) mass is 315 g/mol. The van der Waals surface area contributed by atoms with E-state index in [0.29, 0.717) is 0 Å². The van der Waals surface area contributed by atoms with Gasteiger partial charge in [-0.15, -0.1) is 0 Å². The first-order valence-electron chi connectivity index (χ1n) is 7.74. The van der Waals surface area contributed by atoms with Gasteiger partial charge in [-0.1, -0.05) is 12.1 Å². The lowest BCUT2D eigenvalue weighted by Gasteiger charge is -2.26. The highest BCUT2D eigenvalue weighted by molar-refractivity contribution is 5.76. The smallest absolute Gasteiger partial charge is 0.254 e. The van der Waals surface area contributed by atoms with Crippen LogP contribution >= 0.6 is 0 Å². The Labute approximate surface area is 133 Å². The van der Waals surface area contributed by atoms with Gasteiger partial charge in [-0.25, -0.2) is 9.37 Å². The number of aromatic nitrogens is 2. The summed E-state index contributed by atoms with van der Waals surface area (Å²) in [6, 6.07) is 7.42. The first kappa shape index (κ1) is 15.4. The summed E-state index contributed by atoms with van der Waals surface area (Å²) in [6.07, 6.45) is 4.46. The molecule has 1 amide bonds. The second-order valence-corrected chi connectivity index (χ2v) is 5.66. The molecule has 2 heterocycles. The van der Waals surface area contributed by atoms with Gasteiger partial charge in [-0.3, -0.25) is 14.2 Å². The van der Waals surface area contributed by atoms with Gasteiger partial charge in [0.2, 0.25) is 5.91 Å². The molecule has 1 aliphatic rings. The average molecular weight is 315 g/mol. The van der Waals surface area contributed by atoms with E-state index in [1.807, 2.05) is 0 Å². The third-order valence-electron chi connectivity index (χ3n) is 4.04. The van der Waals surface area contributed by atoms with Crippen molar-refractivity contribution >= 4 is 5.91 Å². The number of nitrogens with zero attached hydrogens (tertiary/aromatic N) is 3. The molecule has 1 aliphatic heterocycles. The number of piperidine rings is 1. The van der Waals surface area contributed by atoms with Crippen LogP contribution in [0.25, 0.3) is 11.3 Å². The minimum absolute atomic E-state index is 0.0244. The van der Waals surface area contributed by atoms with Crippen molar-refractivity contribution in [3.05, 3.63) is 52.8 Å². The summed E-state index contributed by atoms with van der Waals surface area (Å²) in [7, 11) is 0. The van der Waals surface area contributed by atoms with Crippen LogP contribution in [0.1, 0.15) is 19.3 Å². The Bertz CT molecular complexity index is 766. The summed E-state index contributed by atoms with van der Waals surface area (Å²) in [5, 5.41) is 0. The van der Waals surface area contributed by atoms with Crippen LogP contribution in [0.4, 0.5) is 4.39 Å². The van der Waals surface area contributed by atoms with Crippen molar-refractivity contribution in [2.75, 3.05) is 13.1 Å². The largest absolute Gasteiger partial charge is 0.341 e. The van der Waals surface area contributed by atoms with Crippen molar-refractivity contribution in [1.29, 1.82) is 0 Å². The fourth-order valence-corrected chi connectivity index (χ4v) is 2.75. The summed E-state index contributed by atoms with van der Waals surface area (Å²) in [6.45, 7) is 1.46. The Hall–Kier alpha value is -2.50. The summed E-state index contributed by atoms with van der Waals surface area (Å²) >= 11 is 0. The molecule has 0 spiro atoms. The number of amides is 1. The maximum absolute atomic E-state index is 13.8. The SMILES string of the molecule is O=C(Cn1cnc(-c2ccccc2F)cc1=O)N1CCCCC1. The molecule has 120 valence electrons. The van der Waals surface area contributed by atoms with E-state index in [1.165, 1.54) is 23.0 Å². The maximum Gasteiger partial charge on any atom is 0.254 e. The van der Waals surface area contributed by atoms with Crippen LogP contribution in [0.2, 0.25) is 0 Å². The lowest BCUT2D eigenvalue weighted by atomic mass is 10.1. The van der Waals surface area contributed by atoms with E-state index >= 15 is 0 Å². The van der Waals surface area contributed by atoms with Crippen molar-refractivity contribution in [3.63, 3.8) is 0 Å². The Morgan fingerprint density at radius 1 is 1.17 bits per heavy atom. The first-order valence-corrected chi connectivity index (χ1v) is 7.74. The molecule has 0 saturated carbocycles. The van der Waals surface area contributed by atoms with Gasteiger partial charge in [-0.2, -0.15) is 0 Å². The van der Waals surface area contributed by atoms with Crippen LogP contribution in [-0.4, -0.2) is 33.4 Å². The summed E-state index contributed by atoms with van der Waals surface area (Å²) in [4.78, 5) is 30.3. The average Bonchev–Trinajstić information content (AvgIpc) is 2.58. The molecule has 2 aromatic rings. The molecule has 5 nitrogen and oxygen atoms in total. The van der Waals surface area contributed by atoms with Gasteiger partial charge in [-0.05, 0) is 31.4 Å². The van der Waals surface area contributed by atoms with E-state index in [0.717, 1.165) is 32.4 Å². The lowest BCUT2D eigenvalue weighted by Crippen LogP contribution is -2.39. The van der Waals surface area contributed by atoms with Crippen LogP contribution in [0.3, 0.4) is 0 Å². The van der Waals surface area contributed by atoms with Crippen LogP contribution in [0.5, 0.6) is 0 Å². The zero-order chi connectivity index (χ0) is 16.2. The highest BCUT2D eigenvalue weighted by Gasteiger charge is 2.17. The van der Waals surface area contributed by atoms with Gasteiger partial charge in [0, 0.05) is 24.7 Å². The third kappa shape index (κ3) is 3.47. The summed E-state index contributed by atoms with van der Waals surface area (Å²) in [5.74, 6) is -0.506. The fourth-order valence-electron chi connectivity index (χ4n) is 2.75. The van der Waals surface area contributed by atoms with E-state index in [4.69, 9.17) is 0 Å². The minimum atomic E-state index is -0.429. The molecule has 0 atom stereocenters. The number of carbonyl (C=O) groups excluding carboxylic acids is 1. The normalized spacial score (nSPS) is 14.7. The number of likely N-dealkylation sites (tertiary alicyclic amines) is 1.